The van der Waals surface area contributed by atoms with E-state index in [1.54, 1.807) is 0 Å². The summed E-state index contributed by atoms with van der Waals surface area (Å²) in [5.74, 6) is -0.323. The van der Waals surface area contributed by atoms with Crippen LogP contribution in [0.15, 0.2) is 18.2 Å². The van der Waals surface area contributed by atoms with Crippen molar-refractivity contribution in [1.82, 2.24) is 10.2 Å². The number of amides is 1. The summed E-state index contributed by atoms with van der Waals surface area (Å²) >= 11 is 5.91. The Hall–Kier alpha value is -1.66. The third kappa shape index (κ3) is 4.79. The largest absolute Gasteiger partial charge is 0.349 e. The molecule has 0 aromatic heterocycles. The van der Waals surface area contributed by atoms with Crippen LogP contribution in [0.3, 0.4) is 0 Å². The van der Waals surface area contributed by atoms with E-state index >= 15 is 0 Å². The highest BCUT2D eigenvalue weighted by Crippen LogP contribution is 2.22. The first-order chi connectivity index (χ1) is 9.31. The van der Waals surface area contributed by atoms with Crippen LogP contribution in [0.2, 0.25) is 5.02 Å². The number of halogens is 1. The lowest BCUT2D eigenvalue weighted by Gasteiger charge is -2.17. The molecule has 0 saturated carbocycles. The number of nitro groups is 1. The molecule has 110 valence electrons. The summed E-state index contributed by atoms with van der Waals surface area (Å²) < 4.78 is 0. The van der Waals surface area contributed by atoms with Crippen molar-refractivity contribution in [3.63, 3.8) is 0 Å². The van der Waals surface area contributed by atoms with Crippen LogP contribution in [-0.2, 0) is 0 Å². The fourth-order valence-corrected chi connectivity index (χ4v) is 1.89. The van der Waals surface area contributed by atoms with Crippen molar-refractivity contribution < 1.29 is 9.72 Å². The third-order valence-electron chi connectivity index (χ3n) is 2.79. The molecule has 0 saturated heterocycles. The molecule has 0 fully saturated rings. The van der Waals surface area contributed by atoms with Gasteiger partial charge in [0.05, 0.1) is 15.5 Å². The van der Waals surface area contributed by atoms with Gasteiger partial charge in [-0.3, -0.25) is 14.9 Å². The van der Waals surface area contributed by atoms with Crippen LogP contribution < -0.4 is 5.32 Å². The maximum atomic E-state index is 12.0. The monoisotopic (exact) mass is 299 g/mol. The van der Waals surface area contributed by atoms with E-state index in [0.29, 0.717) is 0 Å². The van der Waals surface area contributed by atoms with Crippen molar-refractivity contribution in [1.29, 1.82) is 0 Å². The quantitative estimate of drug-likeness (QED) is 0.646. The van der Waals surface area contributed by atoms with E-state index in [4.69, 9.17) is 11.6 Å². The smallest absolute Gasteiger partial charge is 0.270 e. The molecule has 1 unspecified atom stereocenters. The molecule has 1 N–H and O–H groups in total. The lowest BCUT2D eigenvalue weighted by Crippen LogP contribution is -2.34. The molecule has 1 aromatic rings. The Balaban J connectivity index is 2.70. The van der Waals surface area contributed by atoms with E-state index < -0.39 is 4.92 Å². The molecule has 6 nitrogen and oxygen atoms in total. The lowest BCUT2D eigenvalue weighted by atomic mass is 10.1. The normalized spacial score (nSPS) is 12.2. The molecule has 0 radical (unpaired) electrons. The fraction of sp³-hybridized carbons (Fsp3) is 0.462. The van der Waals surface area contributed by atoms with Crippen LogP contribution in [0.1, 0.15) is 23.7 Å². The van der Waals surface area contributed by atoms with E-state index in [2.05, 4.69) is 5.32 Å². The standard InChI is InChI=1S/C13H18ClN3O3/c1-9(6-7-16(2)3)15-13(18)11-5-4-10(17(19)20)8-12(11)14/h4-5,8-9H,6-7H2,1-3H3,(H,15,18). The Labute approximate surface area is 122 Å². The zero-order valence-corrected chi connectivity index (χ0v) is 12.5. The van der Waals surface area contributed by atoms with Crippen molar-refractivity contribution in [3.05, 3.63) is 38.9 Å². The Morgan fingerprint density at radius 2 is 2.15 bits per heavy atom. The number of hydrogen-bond donors (Lipinski definition) is 1. The molecule has 1 amide bonds. The zero-order chi connectivity index (χ0) is 15.3. The van der Waals surface area contributed by atoms with Gasteiger partial charge >= 0.3 is 0 Å². The second kappa shape index (κ2) is 7.21. The van der Waals surface area contributed by atoms with Crippen molar-refractivity contribution in [3.8, 4) is 0 Å². The summed E-state index contributed by atoms with van der Waals surface area (Å²) in [7, 11) is 3.92. The maximum Gasteiger partial charge on any atom is 0.270 e. The second-order valence-electron chi connectivity index (χ2n) is 4.89. The van der Waals surface area contributed by atoms with E-state index in [-0.39, 0.29) is 28.2 Å². The SMILES string of the molecule is CC(CCN(C)C)NC(=O)c1ccc([N+](=O)[O-])cc1Cl. The number of benzene rings is 1. The van der Waals surface area contributed by atoms with Crippen LogP contribution in [0, 0.1) is 10.1 Å². The number of carbonyl (C=O) groups is 1. The van der Waals surface area contributed by atoms with Gasteiger partial charge in [-0.15, -0.1) is 0 Å². The Kier molecular flexibility index (Phi) is 5.91. The topological polar surface area (TPSA) is 75.5 Å². The van der Waals surface area contributed by atoms with Gasteiger partial charge in [0.2, 0.25) is 0 Å². The summed E-state index contributed by atoms with van der Waals surface area (Å²) in [6.45, 7) is 2.76. The van der Waals surface area contributed by atoms with Crippen LogP contribution in [0.5, 0.6) is 0 Å². The Bertz CT molecular complexity index is 506. The first-order valence-electron chi connectivity index (χ1n) is 6.20. The van der Waals surface area contributed by atoms with E-state index in [0.717, 1.165) is 13.0 Å². The molecule has 20 heavy (non-hydrogen) atoms. The number of rotatable bonds is 6. The van der Waals surface area contributed by atoms with Crippen LogP contribution in [-0.4, -0.2) is 42.4 Å². The van der Waals surface area contributed by atoms with Crippen LogP contribution in [0.4, 0.5) is 5.69 Å². The molecular weight excluding hydrogens is 282 g/mol. The van der Waals surface area contributed by atoms with Gasteiger partial charge in [0.1, 0.15) is 0 Å². The maximum absolute atomic E-state index is 12.0. The highest BCUT2D eigenvalue weighted by Gasteiger charge is 2.16. The minimum Gasteiger partial charge on any atom is -0.349 e. The van der Waals surface area contributed by atoms with Crippen LogP contribution >= 0.6 is 11.6 Å². The molecule has 0 aliphatic carbocycles. The molecular formula is C13H18ClN3O3. The number of carbonyl (C=O) groups excluding carboxylic acids is 1. The summed E-state index contributed by atoms with van der Waals surface area (Å²) in [5, 5.41) is 13.5. The second-order valence-corrected chi connectivity index (χ2v) is 5.29. The lowest BCUT2D eigenvalue weighted by molar-refractivity contribution is -0.384. The number of non-ortho nitro benzene ring substituents is 1. The fourth-order valence-electron chi connectivity index (χ4n) is 1.63. The third-order valence-corrected chi connectivity index (χ3v) is 3.11. The minimum absolute atomic E-state index is 0.00356. The molecule has 0 heterocycles. The molecule has 0 aliphatic heterocycles. The summed E-state index contributed by atoms with van der Waals surface area (Å²) in [6, 6.07) is 3.82. The number of nitro benzene ring substituents is 1. The van der Waals surface area contributed by atoms with Gasteiger partial charge in [-0.05, 0) is 40.1 Å². The van der Waals surface area contributed by atoms with Crippen LogP contribution in [0.25, 0.3) is 0 Å². The first-order valence-corrected chi connectivity index (χ1v) is 6.58. The highest BCUT2D eigenvalue weighted by molar-refractivity contribution is 6.34. The molecule has 0 aliphatic rings. The van der Waals surface area contributed by atoms with Crippen molar-refractivity contribution in [2.75, 3.05) is 20.6 Å². The van der Waals surface area contributed by atoms with Gasteiger partial charge in [0.25, 0.3) is 11.6 Å². The number of hydrogen-bond acceptors (Lipinski definition) is 4. The predicted molar refractivity (Wildman–Crippen MR) is 78.2 cm³/mol. The summed E-state index contributed by atoms with van der Waals surface area (Å²) in [5.41, 5.74) is 0.112. The van der Waals surface area contributed by atoms with E-state index in [1.165, 1.54) is 18.2 Å². The Morgan fingerprint density at radius 1 is 1.50 bits per heavy atom. The molecule has 7 heteroatoms. The van der Waals surface area contributed by atoms with Gasteiger partial charge in [0, 0.05) is 18.2 Å². The van der Waals surface area contributed by atoms with Crippen molar-refractivity contribution in [2.45, 2.75) is 19.4 Å². The summed E-state index contributed by atoms with van der Waals surface area (Å²) in [4.78, 5) is 24.1. The van der Waals surface area contributed by atoms with E-state index in [1.807, 2.05) is 25.9 Å². The van der Waals surface area contributed by atoms with Crippen molar-refractivity contribution >= 4 is 23.2 Å². The molecule has 1 aromatic carbocycles. The summed E-state index contributed by atoms with van der Waals surface area (Å²) in [6.07, 6.45) is 0.809. The average Bonchev–Trinajstić information content (AvgIpc) is 2.35. The molecule has 0 bridgehead atoms. The first kappa shape index (κ1) is 16.4. The van der Waals surface area contributed by atoms with Gasteiger partial charge in [-0.2, -0.15) is 0 Å². The predicted octanol–water partition coefficient (Wildman–Crippen LogP) is 2.32. The van der Waals surface area contributed by atoms with Crippen molar-refractivity contribution in [2.24, 2.45) is 0 Å². The van der Waals surface area contributed by atoms with Gasteiger partial charge in [-0.1, -0.05) is 11.6 Å². The number of nitrogens with zero attached hydrogens (tertiary/aromatic N) is 2. The molecule has 1 rings (SSSR count). The molecule has 1 atom stereocenters. The number of nitrogens with one attached hydrogen (secondary N) is 1. The minimum atomic E-state index is -0.548. The molecule has 0 spiro atoms. The van der Waals surface area contributed by atoms with Gasteiger partial charge in [0.15, 0.2) is 0 Å². The highest BCUT2D eigenvalue weighted by atomic mass is 35.5. The zero-order valence-electron chi connectivity index (χ0n) is 11.7. The van der Waals surface area contributed by atoms with Gasteiger partial charge < -0.3 is 10.2 Å². The Morgan fingerprint density at radius 3 is 2.65 bits per heavy atom. The van der Waals surface area contributed by atoms with Gasteiger partial charge in [-0.25, -0.2) is 0 Å². The van der Waals surface area contributed by atoms with E-state index in [9.17, 15) is 14.9 Å². The average molecular weight is 300 g/mol.